The van der Waals surface area contributed by atoms with E-state index in [1.807, 2.05) is 0 Å². The van der Waals surface area contributed by atoms with Gasteiger partial charge in [0.1, 0.15) is 6.73 Å². The molecule has 0 bridgehead atoms. The second kappa shape index (κ2) is 5.98. The Labute approximate surface area is 120 Å². The SMILES string of the molecule is CC(C)NCc1ccc2c(ccn2COCC2CC2)c1. The van der Waals surface area contributed by atoms with Gasteiger partial charge >= 0.3 is 0 Å². The highest BCUT2D eigenvalue weighted by atomic mass is 16.5. The largest absolute Gasteiger partial charge is 0.360 e. The fourth-order valence-electron chi connectivity index (χ4n) is 2.40. The topological polar surface area (TPSA) is 26.2 Å². The standard InChI is InChI=1S/C17H24N2O/c1-13(2)18-10-15-5-6-17-16(9-15)7-8-19(17)12-20-11-14-3-4-14/h5-9,13-14,18H,3-4,10-12H2,1-2H3. The van der Waals surface area contributed by atoms with Crippen LogP contribution >= 0.6 is 0 Å². The van der Waals surface area contributed by atoms with Crippen molar-refractivity contribution in [1.29, 1.82) is 0 Å². The summed E-state index contributed by atoms with van der Waals surface area (Å²) in [5.74, 6) is 0.825. The molecule has 2 aromatic rings. The number of nitrogens with one attached hydrogen (secondary N) is 1. The Morgan fingerprint density at radius 3 is 2.90 bits per heavy atom. The maximum Gasteiger partial charge on any atom is 0.122 e. The molecule has 0 saturated heterocycles. The minimum Gasteiger partial charge on any atom is -0.360 e. The molecule has 3 rings (SSSR count). The molecule has 0 amide bonds. The molecular weight excluding hydrogens is 248 g/mol. The van der Waals surface area contributed by atoms with Crippen molar-refractivity contribution in [3.05, 3.63) is 36.0 Å². The summed E-state index contributed by atoms with van der Waals surface area (Å²) in [6.45, 7) is 6.86. The lowest BCUT2D eigenvalue weighted by Gasteiger charge is -2.09. The third kappa shape index (κ3) is 3.41. The molecule has 3 nitrogen and oxygen atoms in total. The summed E-state index contributed by atoms with van der Waals surface area (Å²) in [4.78, 5) is 0. The number of hydrogen-bond donors (Lipinski definition) is 1. The van der Waals surface area contributed by atoms with Gasteiger partial charge in [-0.25, -0.2) is 0 Å². The van der Waals surface area contributed by atoms with E-state index < -0.39 is 0 Å². The van der Waals surface area contributed by atoms with Crippen molar-refractivity contribution >= 4 is 10.9 Å². The van der Waals surface area contributed by atoms with E-state index in [0.717, 1.165) is 19.1 Å². The maximum absolute atomic E-state index is 5.77. The monoisotopic (exact) mass is 272 g/mol. The molecule has 3 heteroatoms. The maximum atomic E-state index is 5.77. The van der Waals surface area contributed by atoms with Gasteiger partial charge in [-0.1, -0.05) is 19.9 Å². The van der Waals surface area contributed by atoms with Crippen LogP contribution in [0, 0.1) is 5.92 Å². The predicted octanol–water partition coefficient (Wildman–Crippen LogP) is 3.52. The van der Waals surface area contributed by atoms with E-state index in [0.29, 0.717) is 12.8 Å². The van der Waals surface area contributed by atoms with Crippen LogP contribution in [0.3, 0.4) is 0 Å². The second-order valence-electron chi connectivity index (χ2n) is 6.16. The number of nitrogens with zero attached hydrogens (tertiary/aromatic N) is 1. The molecule has 1 aromatic carbocycles. The van der Waals surface area contributed by atoms with Gasteiger partial charge in [-0.15, -0.1) is 0 Å². The molecule has 108 valence electrons. The average molecular weight is 272 g/mol. The number of aromatic nitrogens is 1. The third-order valence-electron chi connectivity index (χ3n) is 3.83. The first kappa shape index (κ1) is 13.7. The van der Waals surface area contributed by atoms with Gasteiger partial charge in [0.15, 0.2) is 0 Å². The molecule has 1 heterocycles. The van der Waals surface area contributed by atoms with E-state index in [2.05, 4.69) is 54.2 Å². The lowest BCUT2D eigenvalue weighted by molar-refractivity contribution is 0.0718. The minimum absolute atomic E-state index is 0.520. The normalized spacial score (nSPS) is 15.3. The highest BCUT2D eigenvalue weighted by Crippen LogP contribution is 2.29. The Balaban J connectivity index is 1.65. The van der Waals surface area contributed by atoms with Crippen LogP contribution < -0.4 is 5.32 Å². The van der Waals surface area contributed by atoms with Crippen LogP contribution in [0.5, 0.6) is 0 Å². The number of fused-ring (bicyclic) bond motifs is 1. The first-order chi connectivity index (χ1) is 9.72. The Hall–Kier alpha value is -1.32. The number of benzene rings is 1. The van der Waals surface area contributed by atoms with Gasteiger partial charge in [-0.3, -0.25) is 0 Å². The molecule has 1 aliphatic rings. The molecule has 0 atom stereocenters. The lowest BCUT2D eigenvalue weighted by atomic mass is 10.1. The molecule has 0 unspecified atom stereocenters. The second-order valence-corrected chi connectivity index (χ2v) is 6.16. The van der Waals surface area contributed by atoms with Crippen LogP contribution in [0.2, 0.25) is 0 Å². The first-order valence-corrected chi connectivity index (χ1v) is 7.61. The van der Waals surface area contributed by atoms with Gasteiger partial charge in [-0.2, -0.15) is 0 Å². The van der Waals surface area contributed by atoms with Crippen LogP contribution in [-0.2, 0) is 18.0 Å². The number of hydrogen-bond acceptors (Lipinski definition) is 2. The van der Waals surface area contributed by atoms with Crippen molar-refractivity contribution in [1.82, 2.24) is 9.88 Å². The number of ether oxygens (including phenoxy) is 1. The highest BCUT2D eigenvalue weighted by molar-refractivity contribution is 5.80. The molecule has 0 spiro atoms. The quantitative estimate of drug-likeness (QED) is 0.834. The Morgan fingerprint density at radius 1 is 1.30 bits per heavy atom. The first-order valence-electron chi connectivity index (χ1n) is 7.61. The highest BCUT2D eigenvalue weighted by Gasteiger charge is 2.21. The van der Waals surface area contributed by atoms with E-state index in [4.69, 9.17) is 4.74 Å². The molecule has 0 aliphatic heterocycles. The summed E-state index contributed by atoms with van der Waals surface area (Å²) in [5.41, 5.74) is 2.59. The molecule has 1 aliphatic carbocycles. The van der Waals surface area contributed by atoms with Crippen molar-refractivity contribution in [2.75, 3.05) is 6.61 Å². The van der Waals surface area contributed by atoms with Gasteiger partial charge in [-0.05, 0) is 47.9 Å². The van der Waals surface area contributed by atoms with Gasteiger partial charge in [0.25, 0.3) is 0 Å². The smallest absolute Gasteiger partial charge is 0.122 e. The Bertz CT molecular complexity index is 569. The minimum atomic E-state index is 0.520. The fourth-order valence-corrected chi connectivity index (χ4v) is 2.40. The summed E-state index contributed by atoms with van der Waals surface area (Å²) in [5, 5.41) is 4.75. The van der Waals surface area contributed by atoms with Crippen LogP contribution in [0.4, 0.5) is 0 Å². The zero-order valence-electron chi connectivity index (χ0n) is 12.4. The average Bonchev–Trinajstić information content (AvgIpc) is 3.17. The summed E-state index contributed by atoms with van der Waals surface area (Å²) < 4.78 is 7.96. The molecule has 1 aromatic heterocycles. The van der Waals surface area contributed by atoms with Crippen molar-refractivity contribution in [2.24, 2.45) is 5.92 Å². The van der Waals surface area contributed by atoms with E-state index in [-0.39, 0.29) is 0 Å². The molecule has 20 heavy (non-hydrogen) atoms. The lowest BCUT2D eigenvalue weighted by Crippen LogP contribution is -2.21. The van der Waals surface area contributed by atoms with Gasteiger partial charge in [0, 0.05) is 24.3 Å². The molecule has 1 N–H and O–H groups in total. The Kier molecular flexibility index (Phi) is 4.08. The number of rotatable bonds is 7. The molecule has 1 saturated carbocycles. The summed E-state index contributed by atoms with van der Waals surface area (Å²) >= 11 is 0. The summed E-state index contributed by atoms with van der Waals surface area (Å²) in [6, 6.07) is 9.37. The van der Waals surface area contributed by atoms with E-state index in [9.17, 15) is 0 Å². The Morgan fingerprint density at radius 2 is 2.15 bits per heavy atom. The van der Waals surface area contributed by atoms with E-state index in [1.165, 1.54) is 29.3 Å². The van der Waals surface area contributed by atoms with Crippen molar-refractivity contribution in [3.8, 4) is 0 Å². The molecule has 1 fully saturated rings. The predicted molar refractivity (Wildman–Crippen MR) is 82.6 cm³/mol. The summed E-state index contributed by atoms with van der Waals surface area (Å²) in [7, 11) is 0. The van der Waals surface area contributed by atoms with Crippen LogP contribution in [0.25, 0.3) is 10.9 Å². The summed E-state index contributed by atoms with van der Waals surface area (Å²) in [6.07, 6.45) is 4.81. The van der Waals surface area contributed by atoms with Crippen LogP contribution in [0.15, 0.2) is 30.5 Å². The van der Waals surface area contributed by atoms with Gasteiger partial charge in [0.05, 0.1) is 6.61 Å². The van der Waals surface area contributed by atoms with Crippen LogP contribution in [-0.4, -0.2) is 17.2 Å². The van der Waals surface area contributed by atoms with Gasteiger partial charge < -0.3 is 14.6 Å². The van der Waals surface area contributed by atoms with Crippen molar-refractivity contribution < 1.29 is 4.74 Å². The molecular formula is C17H24N2O. The zero-order valence-corrected chi connectivity index (χ0v) is 12.4. The third-order valence-corrected chi connectivity index (χ3v) is 3.83. The van der Waals surface area contributed by atoms with E-state index in [1.54, 1.807) is 0 Å². The fraction of sp³-hybridized carbons (Fsp3) is 0.529. The van der Waals surface area contributed by atoms with Crippen molar-refractivity contribution in [3.63, 3.8) is 0 Å². The van der Waals surface area contributed by atoms with Gasteiger partial charge in [0.2, 0.25) is 0 Å². The van der Waals surface area contributed by atoms with Crippen LogP contribution in [0.1, 0.15) is 32.3 Å². The van der Waals surface area contributed by atoms with Crippen molar-refractivity contribution in [2.45, 2.75) is 46.0 Å². The zero-order chi connectivity index (χ0) is 13.9. The van der Waals surface area contributed by atoms with E-state index >= 15 is 0 Å². The molecule has 0 radical (unpaired) electrons.